The van der Waals surface area contributed by atoms with Crippen molar-refractivity contribution < 1.29 is 39.2 Å². The molecule has 0 aliphatic rings. The summed E-state index contributed by atoms with van der Waals surface area (Å²) in [6.07, 6.45) is -6.71. The zero-order valence-corrected chi connectivity index (χ0v) is 10.8. The van der Waals surface area contributed by atoms with Crippen LogP contribution in [0, 0.1) is 0 Å². The molecule has 1 N–H and O–H groups in total. The summed E-state index contributed by atoms with van der Waals surface area (Å²) in [6, 6.07) is 6.83. The summed E-state index contributed by atoms with van der Waals surface area (Å²) in [6.45, 7) is -0.854. The summed E-state index contributed by atoms with van der Waals surface area (Å²) < 4.78 is 110. The molecule has 1 rings (SSSR count). The minimum atomic E-state index is -6.72. The molecule has 0 aromatic heterocycles. The summed E-state index contributed by atoms with van der Waals surface area (Å²) in [5.41, 5.74) is 0.104. The fraction of sp³-hybridized carbons (Fsp3) is 0.400. The van der Waals surface area contributed by atoms with Crippen molar-refractivity contribution in [3.05, 3.63) is 35.9 Å². The molecule has 0 bridgehead atoms. The van der Waals surface area contributed by atoms with E-state index in [2.05, 4.69) is 0 Å². The molecule has 21 heavy (non-hydrogen) atoms. The molecule has 0 fully saturated rings. The highest BCUT2D eigenvalue weighted by molar-refractivity contribution is 7.90. The van der Waals surface area contributed by atoms with Crippen molar-refractivity contribution in [3.8, 4) is 0 Å². The van der Waals surface area contributed by atoms with Crippen LogP contribution in [0.2, 0.25) is 0 Å². The Morgan fingerprint density at radius 1 is 0.905 bits per heavy atom. The molecule has 120 valence electrons. The first-order valence-corrected chi connectivity index (χ1v) is 6.67. The fourth-order valence-corrected chi connectivity index (χ4v) is 2.19. The van der Waals surface area contributed by atoms with Gasteiger partial charge in [-0.3, -0.25) is 0 Å². The summed E-state index contributed by atoms with van der Waals surface area (Å²) in [5.74, 6) is -6.72. The summed E-state index contributed by atoms with van der Waals surface area (Å²) in [7, 11) is -6.25. The van der Waals surface area contributed by atoms with E-state index >= 15 is 0 Å². The van der Waals surface area contributed by atoms with Crippen molar-refractivity contribution in [2.45, 2.75) is 23.9 Å². The molecule has 0 aliphatic carbocycles. The van der Waals surface area contributed by atoms with E-state index < -0.39 is 33.9 Å². The molecule has 0 saturated heterocycles. The zero-order chi connectivity index (χ0) is 16.5. The van der Waals surface area contributed by atoms with E-state index in [0.29, 0.717) is 0 Å². The van der Waals surface area contributed by atoms with E-state index in [1.54, 1.807) is 0 Å². The second-order valence-electron chi connectivity index (χ2n) is 3.90. The first-order valence-electron chi connectivity index (χ1n) is 5.18. The Balaban J connectivity index is 3.01. The number of nitrogens with one attached hydrogen (secondary N) is 1. The first kappa shape index (κ1) is 17.7. The van der Waals surface area contributed by atoms with Crippen molar-refractivity contribution in [2.24, 2.45) is 0 Å². The average molecular weight is 339 g/mol. The maximum Gasteiger partial charge on any atom is 0.461 e. The van der Waals surface area contributed by atoms with Gasteiger partial charge in [-0.05, 0) is 5.56 Å². The number of alkyl halides is 7. The van der Waals surface area contributed by atoms with Gasteiger partial charge >= 0.3 is 17.4 Å². The molecular formula is C10H8F7NO2S. The van der Waals surface area contributed by atoms with Gasteiger partial charge in [-0.1, -0.05) is 30.3 Å². The number of sulfonamides is 1. The predicted molar refractivity (Wildman–Crippen MR) is 58.2 cm³/mol. The van der Waals surface area contributed by atoms with Crippen molar-refractivity contribution in [1.29, 1.82) is 0 Å². The van der Waals surface area contributed by atoms with Crippen molar-refractivity contribution in [3.63, 3.8) is 0 Å². The SMILES string of the molecule is O=S(=O)(NCc1ccccc1)C(F)(F)C(F)(F)C(F)(F)F. The summed E-state index contributed by atoms with van der Waals surface area (Å²) in [5, 5.41) is -6.34. The van der Waals surface area contributed by atoms with Gasteiger partial charge in [0.25, 0.3) is 10.0 Å². The van der Waals surface area contributed by atoms with E-state index in [9.17, 15) is 39.2 Å². The second kappa shape index (κ2) is 5.44. The molecule has 0 heterocycles. The Morgan fingerprint density at radius 3 is 1.81 bits per heavy atom. The highest BCUT2D eigenvalue weighted by atomic mass is 32.2. The van der Waals surface area contributed by atoms with Crippen LogP contribution in [0.4, 0.5) is 30.7 Å². The van der Waals surface area contributed by atoms with Gasteiger partial charge in [-0.25, -0.2) is 13.1 Å². The number of rotatable bonds is 5. The molecule has 0 unspecified atom stereocenters. The number of hydrogen-bond acceptors (Lipinski definition) is 2. The quantitative estimate of drug-likeness (QED) is 0.839. The van der Waals surface area contributed by atoms with Crippen LogP contribution in [0.1, 0.15) is 5.56 Å². The Bertz CT molecular complexity index is 583. The van der Waals surface area contributed by atoms with Crippen LogP contribution in [0.25, 0.3) is 0 Å². The molecule has 0 aliphatic heterocycles. The van der Waals surface area contributed by atoms with Crippen LogP contribution in [-0.4, -0.2) is 25.8 Å². The highest BCUT2D eigenvalue weighted by Gasteiger charge is 2.78. The van der Waals surface area contributed by atoms with E-state index in [1.807, 2.05) is 0 Å². The predicted octanol–water partition coefficient (Wildman–Crippen LogP) is 2.90. The Kier molecular flexibility index (Phi) is 4.59. The van der Waals surface area contributed by atoms with Crippen LogP contribution in [0.5, 0.6) is 0 Å². The van der Waals surface area contributed by atoms with E-state index in [0.717, 1.165) is 4.72 Å². The smallest absolute Gasteiger partial charge is 0.206 e. The molecule has 1 aromatic rings. The number of halogens is 7. The van der Waals surface area contributed by atoms with Crippen LogP contribution in [-0.2, 0) is 16.6 Å². The van der Waals surface area contributed by atoms with Gasteiger partial charge in [0, 0.05) is 6.54 Å². The van der Waals surface area contributed by atoms with Crippen LogP contribution < -0.4 is 4.72 Å². The number of benzene rings is 1. The van der Waals surface area contributed by atoms with Crippen LogP contribution >= 0.6 is 0 Å². The van der Waals surface area contributed by atoms with Gasteiger partial charge in [0.15, 0.2) is 0 Å². The van der Waals surface area contributed by atoms with Gasteiger partial charge in [-0.2, -0.15) is 30.7 Å². The molecule has 0 atom stereocenters. The lowest BCUT2D eigenvalue weighted by atomic mass is 10.2. The van der Waals surface area contributed by atoms with Crippen molar-refractivity contribution >= 4 is 10.0 Å². The third-order valence-corrected chi connectivity index (χ3v) is 3.82. The Labute approximate surface area is 114 Å². The second-order valence-corrected chi connectivity index (χ2v) is 5.71. The lowest BCUT2D eigenvalue weighted by Crippen LogP contribution is -2.58. The summed E-state index contributed by atoms with van der Waals surface area (Å²) >= 11 is 0. The third kappa shape index (κ3) is 3.28. The van der Waals surface area contributed by atoms with Crippen LogP contribution in [0.3, 0.4) is 0 Å². The molecule has 0 radical (unpaired) electrons. The minimum Gasteiger partial charge on any atom is -0.206 e. The standard InChI is InChI=1S/C10H8F7NO2S/c11-8(12,9(13,14)15)10(16,17)21(19,20)18-6-7-4-2-1-3-5-7/h1-5,18H,6H2. The van der Waals surface area contributed by atoms with Gasteiger partial charge < -0.3 is 0 Å². The zero-order valence-electron chi connectivity index (χ0n) is 9.96. The average Bonchev–Trinajstić information content (AvgIpc) is 2.36. The largest absolute Gasteiger partial charge is 0.461 e. The maximum atomic E-state index is 13.1. The molecule has 1 aromatic carbocycles. The van der Waals surface area contributed by atoms with Crippen LogP contribution in [0.15, 0.2) is 30.3 Å². The summed E-state index contributed by atoms with van der Waals surface area (Å²) in [4.78, 5) is 0. The topological polar surface area (TPSA) is 46.2 Å². The molecule has 3 nitrogen and oxygen atoms in total. The van der Waals surface area contributed by atoms with Gasteiger partial charge in [0.05, 0.1) is 0 Å². The molecular weight excluding hydrogens is 331 g/mol. The van der Waals surface area contributed by atoms with Gasteiger partial charge in [0.2, 0.25) is 0 Å². The lowest BCUT2D eigenvalue weighted by Gasteiger charge is -2.27. The molecule has 0 spiro atoms. The van der Waals surface area contributed by atoms with Gasteiger partial charge in [0.1, 0.15) is 0 Å². The maximum absolute atomic E-state index is 13.1. The Morgan fingerprint density at radius 2 is 1.38 bits per heavy atom. The van der Waals surface area contributed by atoms with Gasteiger partial charge in [-0.15, -0.1) is 0 Å². The van der Waals surface area contributed by atoms with Crippen molar-refractivity contribution in [1.82, 2.24) is 4.72 Å². The highest BCUT2D eigenvalue weighted by Crippen LogP contribution is 2.48. The fourth-order valence-electron chi connectivity index (χ4n) is 1.20. The van der Waals surface area contributed by atoms with E-state index in [-0.39, 0.29) is 5.56 Å². The Hall–Kier alpha value is -1.36. The van der Waals surface area contributed by atoms with E-state index in [4.69, 9.17) is 0 Å². The molecule has 0 amide bonds. The molecule has 0 saturated carbocycles. The van der Waals surface area contributed by atoms with E-state index in [1.165, 1.54) is 30.3 Å². The lowest BCUT2D eigenvalue weighted by molar-refractivity contribution is -0.332. The normalized spacial score (nSPS) is 14.2. The number of hydrogen-bond donors (Lipinski definition) is 1. The minimum absolute atomic E-state index is 0.104. The third-order valence-electron chi connectivity index (χ3n) is 2.37. The van der Waals surface area contributed by atoms with Crippen molar-refractivity contribution in [2.75, 3.05) is 0 Å². The molecule has 11 heteroatoms. The monoisotopic (exact) mass is 339 g/mol. The first-order chi connectivity index (χ1) is 9.33.